The monoisotopic (exact) mass is 581 g/mol. The maximum Gasteiger partial charge on any atom is 3.00 e. The normalized spacial score (nSPS) is 18.1. The Morgan fingerprint density at radius 3 is 0.700 bits per heavy atom. The van der Waals surface area contributed by atoms with Crippen LogP contribution in [0.1, 0.15) is 0 Å². The fourth-order valence-electron chi connectivity index (χ4n) is 2.94. The van der Waals surface area contributed by atoms with Crippen LogP contribution in [0.3, 0.4) is 0 Å². The van der Waals surface area contributed by atoms with E-state index in [4.69, 9.17) is 0 Å². The maximum absolute atomic E-state index is 11.0. The SMILES string of the molecule is O=C([O-])CN1CCN(CC(=O)[O-])CCN(CC(=O)[O-])CCN(CC(=O)[O-])CC1.[Gd+3].[Na+]. The van der Waals surface area contributed by atoms with Gasteiger partial charge in [-0.2, -0.15) is 0 Å². The summed E-state index contributed by atoms with van der Waals surface area (Å²) in [6, 6.07) is 0. The van der Waals surface area contributed by atoms with E-state index in [1.807, 2.05) is 0 Å². The first-order valence-corrected chi connectivity index (χ1v) is 8.84. The van der Waals surface area contributed by atoms with Crippen molar-refractivity contribution in [2.75, 3.05) is 78.5 Å². The minimum absolute atomic E-state index is 0. The van der Waals surface area contributed by atoms with Crippen molar-refractivity contribution in [1.29, 1.82) is 0 Å². The Balaban J connectivity index is 0. The van der Waals surface area contributed by atoms with Crippen LogP contribution in [0.5, 0.6) is 0 Å². The third-order valence-corrected chi connectivity index (χ3v) is 4.34. The van der Waals surface area contributed by atoms with E-state index in [1.165, 1.54) is 19.6 Å². The predicted octanol–water partition coefficient (Wildman–Crippen LogP) is -10.8. The molecule has 0 aromatic rings. The van der Waals surface area contributed by atoms with E-state index >= 15 is 0 Å². The molecule has 0 amide bonds. The largest absolute Gasteiger partial charge is 3.00 e. The average molecular weight is 581 g/mol. The summed E-state index contributed by atoms with van der Waals surface area (Å²) in [7, 11) is 0. The summed E-state index contributed by atoms with van der Waals surface area (Å²) in [6.07, 6.45) is 0. The van der Waals surface area contributed by atoms with Gasteiger partial charge in [0.15, 0.2) is 0 Å². The molecule has 1 saturated heterocycles. The topological polar surface area (TPSA) is 173 Å². The van der Waals surface area contributed by atoms with Crippen LogP contribution in [0.25, 0.3) is 0 Å². The van der Waals surface area contributed by atoms with Gasteiger partial charge in [-0.15, -0.1) is 0 Å². The summed E-state index contributed by atoms with van der Waals surface area (Å²) < 4.78 is 0. The molecule has 0 unspecified atom stereocenters. The molecule has 0 saturated carbocycles. The van der Waals surface area contributed by atoms with Gasteiger partial charge in [-0.05, 0) is 0 Å². The standard InChI is InChI=1S/C16H28N4O8.Gd.Na/c21-13(22)9-17-1-2-18(10-14(23)24)5-6-20(12-16(27)28)8-7-19(4-3-17)11-15(25)26;;/h1-12H2,(H,21,22)(H,23,24)(H,25,26)(H,27,28);;/q;+3;+1/p-4. The molecule has 165 valence electrons. The molecule has 0 aromatic carbocycles. The van der Waals surface area contributed by atoms with E-state index in [-0.39, 0.29) is 148 Å². The third-order valence-electron chi connectivity index (χ3n) is 4.34. The second-order valence-electron chi connectivity index (χ2n) is 6.59. The molecular formula is C16H24GdN4NaO8. The molecular weight excluding hydrogens is 556 g/mol. The molecule has 0 bridgehead atoms. The van der Waals surface area contributed by atoms with Crippen molar-refractivity contribution in [2.45, 2.75) is 0 Å². The average Bonchev–Trinajstić information content (AvgIpc) is 2.55. The van der Waals surface area contributed by atoms with Crippen molar-refractivity contribution >= 4 is 23.9 Å². The smallest absolute Gasteiger partial charge is 0.549 e. The molecule has 1 aliphatic rings. The van der Waals surface area contributed by atoms with Gasteiger partial charge in [-0.1, -0.05) is 0 Å². The Kier molecular flexibility index (Phi) is 18.9. The minimum Gasteiger partial charge on any atom is -0.549 e. The van der Waals surface area contributed by atoms with Crippen LogP contribution in [0, 0.1) is 39.9 Å². The fraction of sp³-hybridized carbons (Fsp3) is 0.750. The van der Waals surface area contributed by atoms with Crippen molar-refractivity contribution in [3.63, 3.8) is 0 Å². The summed E-state index contributed by atoms with van der Waals surface area (Å²) >= 11 is 0. The van der Waals surface area contributed by atoms with E-state index in [1.54, 1.807) is 0 Å². The maximum atomic E-state index is 11.0. The van der Waals surface area contributed by atoms with Gasteiger partial charge in [0.2, 0.25) is 0 Å². The number of aliphatic carboxylic acids is 4. The van der Waals surface area contributed by atoms with Crippen LogP contribution in [0.15, 0.2) is 0 Å². The van der Waals surface area contributed by atoms with Crippen molar-refractivity contribution in [2.24, 2.45) is 0 Å². The number of hydrogen-bond acceptors (Lipinski definition) is 12. The van der Waals surface area contributed by atoms with Crippen molar-refractivity contribution in [3.8, 4) is 0 Å². The molecule has 0 atom stereocenters. The van der Waals surface area contributed by atoms with Crippen molar-refractivity contribution < 1.29 is 109 Å². The predicted molar refractivity (Wildman–Crippen MR) is 85.8 cm³/mol. The molecule has 0 aliphatic carbocycles. The first-order chi connectivity index (χ1) is 13.2. The van der Waals surface area contributed by atoms with Crippen LogP contribution in [0.2, 0.25) is 0 Å². The molecule has 30 heavy (non-hydrogen) atoms. The third kappa shape index (κ3) is 15.8. The number of carbonyl (C=O) groups excluding carboxylic acids is 4. The van der Waals surface area contributed by atoms with Crippen LogP contribution in [0.4, 0.5) is 0 Å². The second-order valence-corrected chi connectivity index (χ2v) is 6.59. The molecule has 1 rings (SSSR count). The number of carboxylic acid groups (broad SMARTS) is 4. The number of hydrogen-bond donors (Lipinski definition) is 0. The number of carbonyl (C=O) groups is 4. The van der Waals surface area contributed by atoms with Gasteiger partial charge < -0.3 is 39.6 Å². The van der Waals surface area contributed by atoms with E-state index in [9.17, 15) is 39.6 Å². The van der Waals surface area contributed by atoms with Crippen molar-refractivity contribution in [3.05, 3.63) is 0 Å². The summed E-state index contributed by atoms with van der Waals surface area (Å²) in [5.74, 6) is -5.20. The van der Waals surface area contributed by atoms with Gasteiger partial charge in [-0.25, -0.2) is 0 Å². The Hall–Kier alpha value is 0.0447. The Morgan fingerprint density at radius 1 is 0.467 bits per heavy atom. The Labute approximate surface area is 229 Å². The molecule has 0 N–H and O–H groups in total. The Morgan fingerprint density at radius 2 is 0.600 bits per heavy atom. The first kappa shape index (κ1) is 32.2. The zero-order chi connectivity index (χ0) is 21.1. The van der Waals surface area contributed by atoms with Gasteiger partial charge in [-0.3, -0.25) is 19.6 Å². The molecule has 14 heteroatoms. The van der Waals surface area contributed by atoms with E-state index < -0.39 is 23.9 Å². The molecule has 1 aliphatic heterocycles. The van der Waals surface area contributed by atoms with Gasteiger partial charge in [0.25, 0.3) is 0 Å². The number of rotatable bonds is 8. The van der Waals surface area contributed by atoms with Gasteiger partial charge in [0.1, 0.15) is 0 Å². The molecule has 12 nitrogen and oxygen atoms in total. The number of carboxylic acids is 4. The number of nitrogens with zero attached hydrogens (tertiary/aromatic N) is 4. The van der Waals surface area contributed by atoms with Crippen LogP contribution in [-0.2, 0) is 19.2 Å². The van der Waals surface area contributed by atoms with E-state index in [2.05, 4.69) is 0 Å². The van der Waals surface area contributed by atoms with Gasteiger partial charge in [0, 0.05) is 78.5 Å². The van der Waals surface area contributed by atoms with E-state index in [0.717, 1.165) is 0 Å². The molecule has 1 fully saturated rings. The summed E-state index contributed by atoms with van der Waals surface area (Å²) in [5.41, 5.74) is 0. The fourth-order valence-corrected chi connectivity index (χ4v) is 2.94. The summed E-state index contributed by atoms with van der Waals surface area (Å²) in [6.45, 7) is 0.155. The van der Waals surface area contributed by atoms with Crippen LogP contribution >= 0.6 is 0 Å². The minimum atomic E-state index is -1.30. The van der Waals surface area contributed by atoms with E-state index in [0.29, 0.717) is 0 Å². The zero-order valence-corrected chi connectivity index (χ0v) is 21.2. The van der Waals surface area contributed by atoms with Crippen LogP contribution < -0.4 is 50.0 Å². The molecule has 1 heterocycles. The quantitative estimate of drug-likeness (QED) is 0.249. The van der Waals surface area contributed by atoms with Gasteiger partial charge in [0.05, 0.1) is 23.9 Å². The molecule has 1 radical (unpaired) electrons. The van der Waals surface area contributed by atoms with Crippen LogP contribution in [-0.4, -0.2) is 122 Å². The second kappa shape index (κ2) is 17.6. The molecule has 0 spiro atoms. The van der Waals surface area contributed by atoms with Gasteiger partial charge >= 0.3 is 69.5 Å². The summed E-state index contributed by atoms with van der Waals surface area (Å²) in [4.78, 5) is 49.9. The van der Waals surface area contributed by atoms with Crippen molar-refractivity contribution in [1.82, 2.24) is 19.6 Å². The summed E-state index contributed by atoms with van der Waals surface area (Å²) in [5, 5.41) is 43.8. The Bertz CT molecular complexity index is 459. The zero-order valence-electron chi connectivity index (χ0n) is 16.9. The molecule has 0 aromatic heterocycles. The first-order valence-electron chi connectivity index (χ1n) is 8.84.